The Bertz CT molecular complexity index is 387. The van der Waals surface area contributed by atoms with Crippen molar-refractivity contribution in [1.29, 1.82) is 0 Å². The summed E-state index contributed by atoms with van der Waals surface area (Å²) >= 11 is 0. The third kappa shape index (κ3) is 1.62. The summed E-state index contributed by atoms with van der Waals surface area (Å²) < 4.78 is 5.81. The highest BCUT2D eigenvalue weighted by Gasteiger charge is 2.59. The molecule has 94 valence electrons. The summed E-state index contributed by atoms with van der Waals surface area (Å²) in [5.41, 5.74) is 0.238. The second kappa shape index (κ2) is 3.82. The molecule has 1 aromatic heterocycles. The van der Waals surface area contributed by atoms with Gasteiger partial charge in [-0.15, -0.1) is 0 Å². The third-order valence-corrected chi connectivity index (χ3v) is 4.46. The van der Waals surface area contributed by atoms with Crippen LogP contribution >= 0.6 is 0 Å². The Morgan fingerprint density at radius 2 is 2.41 bits per heavy atom. The summed E-state index contributed by atoms with van der Waals surface area (Å²) in [6, 6.07) is 0.811. The average molecular weight is 235 g/mol. The van der Waals surface area contributed by atoms with Crippen molar-refractivity contribution >= 4 is 0 Å². The maximum atomic E-state index is 5.81. The van der Waals surface area contributed by atoms with Crippen molar-refractivity contribution < 1.29 is 4.74 Å². The number of nitrogens with zero attached hydrogens (tertiary/aromatic N) is 1. The van der Waals surface area contributed by atoms with Crippen LogP contribution in [0.4, 0.5) is 0 Å². The van der Waals surface area contributed by atoms with E-state index in [-0.39, 0.29) is 11.5 Å². The van der Waals surface area contributed by atoms with E-state index >= 15 is 0 Å². The average Bonchev–Trinajstić information content (AvgIpc) is 2.95. The lowest BCUT2D eigenvalue weighted by Crippen LogP contribution is -2.66. The van der Waals surface area contributed by atoms with Crippen LogP contribution in [-0.4, -0.2) is 28.7 Å². The zero-order chi connectivity index (χ0) is 12.0. The predicted molar refractivity (Wildman–Crippen MR) is 65.6 cm³/mol. The molecule has 1 saturated carbocycles. The van der Waals surface area contributed by atoms with Crippen molar-refractivity contribution in [3.05, 3.63) is 18.2 Å². The van der Waals surface area contributed by atoms with Gasteiger partial charge in [0.1, 0.15) is 5.82 Å². The van der Waals surface area contributed by atoms with Gasteiger partial charge in [-0.3, -0.25) is 0 Å². The van der Waals surface area contributed by atoms with Crippen LogP contribution in [0.1, 0.15) is 39.1 Å². The number of hydrogen-bond donors (Lipinski definition) is 2. The molecule has 1 aliphatic carbocycles. The summed E-state index contributed by atoms with van der Waals surface area (Å²) in [5.74, 6) is 1.70. The van der Waals surface area contributed by atoms with Crippen molar-refractivity contribution in [2.45, 2.75) is 45.4 Å². The lowest BCUT2D eigenvalue weighted by atomic mass is 9.57. The molecule has 3 rings (SSSR count). The van der Waals surface area contributed by atoms with Gasteiger partial charge in [0.05, 0.1) is 12.1 Å². The molecular weight excluding hydrogens is 214 g/mol. The van der Waals surface area contributed by atoms with Gasteiger partial charge in [0.15, 0.2) is 0 Å². The van der Waals surface area contributed by atoms with E-state index in [1.807, 2.05) is 6.20 Å². The van der Waals surface area contributed by atoms with Gasteiger partial charge in [-0.05, 0) is 13.3 Å². The van der Waals surface area contributed by atoms with Gasteiger partial charge in [-0.25, -0.2) is 4.98 Å². The molecule has 0 bridgehead atoms. The molecule has 0 amide bonds. The van der Waals surface area contributed by atoms with Crippen LogP contribution in [0, 0.1) is 11.3 Å². The topological polar surface area (TPSA) is 49.9 Å². The molecule has 2 fully saturated rings. The Labute approximate surface area is 102 Å². The van der Waals surface area contributed by atoms with Crippen molar-refractivity contribution in [2.24, 2.45) is 11.3 Å². The minimum atomic E-state index is 0.238. The Balaban J connectivity index is 1.69. The number of hydrogen-bond acceptors (Lipinski definition) is 3. The fourth-order valence-electron chi connectivity index (χ4n) is 3.53. The van der Waals surface area contributed by atoms with Gasteiger partial charge in [0.25, 0.3) is 0 Å². The van der Waals surface area contributed by atoms with Crippen LogP contribution in [0.2, 0.25) is 0 Å². The number of aromatic nitrogens is 2. The summed E-state index contributed by atoms with van der Waals surface area (Å²) in [6.45, 7) is 7.68. The minimum absolute atomic E-state index is 0.238. The molecule has 0 spiro atoms. The highest BCUT2D eigenvalue weighted by molar-refractivity contribution is 5.12. The highest BCUT2D eigenvalue weighted by Crippen LogP contribution is 2.52. The zero-order valence-corrected chi connectivity index (χ0v) is 10.7. The van der Waals surface area contributed by atoms with Crippen molar-refractivity contribution in [3.63, 3.8) is 0 Å². The largest absolute Gasteiger partial charge is 0.377 e. The molecule has 2 N–H and O–H groups in total. The first-order valence-electron chi connectivity index (χ1n) is 6.47. The molecule has 1 aromatic rings. The number of ether oxygens (including phenoxy) is 1. The quantitative estimate of drug-likeness (QED) is 0.841. The Kier molecular flexibility index (Phi) is 2.52. The van der Waals surface area contributed by atoms with Gasteiger partial charge in [0.2, 0.25) is 0 Å². The molecule has 1 aliphatic heterocycles. The van der Waals surface area contributed by atoms with E-state index in [4.69, 9.17) is 4.74 Å². The van der Waals surface area contributed by atoms with Gasteiger partial charge < -0.3 is 15.0 Å². The minimum Gasteiger partial charge on any atom is -0.377 e. The molecule has 4 unspecified atom stereocenters. The van der Waals surface area contributed by atoms with Gasteiger partial charge in [0, 0.05) is 36.4 Å². The van der Waals surface area contributed by atoms with E-state index in [2.05, 4.69) is 36.1 Å². The molecule has 2 heterocycles. The highest BCUT2D eigenvalue weighted by atomic mass is 16.5. The Morgan fingerprint density at radius 1 is 1.59 bits per heavy atom. The zero-order valence-electron chi connectivity index (χ0n) is 10.7. The van der Waals surface area contributed by atoms with Crippen LogP contribution in [0.25, 0.3) is 0 Å². The molecule has 4 heteroatoms. The lowest BCUT2D eigenvalue weighted by molar-refractivity contribution is -0.115. The van der Waals surface area contributed by atoms with Gasteiger partial charge >= 0.3 is 0 Å². The van der Waals surface area contributed by atoms with Crippen LogP contribution in [-0.2, 0) is 4.74 Å². The fraction of sp³-hybridized carbons (Fsp3) is 0.769. The molecular formula is C13H21N3O. The maximum absolute atomic E-state index is 5.81. The second-order valence-corrected chi connectivity index (χ2v) is 5.91. The lowest BCUT2D eigenvalue weighted by Gasteiger charge is -2.55. The number of rotatable bonds is 3. The molecule has 1 saturated heterocycles. The predicted octanol–water partition coefficient (Wildman–Crippen LogP) is 1.87. The molecule has 2 aliphatic rings. The van der Waals surface area contributed by atoms with Crippen molar-refractivity contribution in [1.82, 2.24) is 15.3 Å². The second-order valence-electron chi connectivity index (χ2n) is 5.91. The van der Waals surface area contributed by atoms with Gasteiger partial charge in [-0.1, -0.05) is 13.8 Å². The SMILES string of the molecule is CC(NC1C2CCOC2C1(C)C)c1ncc[nH]1. The summed E-state index contributed by atoms with van der Waals surface area (Å²) in [7, 11) is 0. The van der Waals surface area contributed by atoms with Crippen molar-refractivity contribution in [2.75, 3.05) is 6.61 Å². The summed E-state index contributed by atoms with van der Waals surface area (Å²) in [4.78, 5) is 7.48. The smallest absolute Gasteiger partial charge is 0.122 e. The van der Waals surface area contributed by atoms with Crippen molar-refractivity contribution in [3.8, 4) is 0 Å². The van der Waals surface area contributed by atoms with Crippen LogP contribution in [0.15, 0.2) is 12.4 Å². The monoisotopic (exact) mass is 235 g/mol. The molecule has 4 atom stereocenters. The first kappa shape index (κ1) is 11.2. The standard InChI is InChI=1S/C13H21N3O/c1-8(12-14-5-6-15-12)16-10-9-4-7-17-11(9)13(10,2)3/h5-6,8-11,16H,4,7H2,1-3H3,(H,14,15). The van der Waals surface area contributed by atoms with Crippen LogP contribution < -0.4 is 5.32 Å². The fourth-order valence-corrected chi connectivity index (χ4v) is 3.53. The van der Waals surface area contributed by atoms with E-state index in [1.165, 1.54) is 6.42 Å². The first-order chi connectivity index (χ1) is 8.10. The molecule has 0 aromatic carbocycles. The number of imidazole rings is 1. The van der Waals surface area contributed by atoms with Crippen LogP contribution in [0.5, 0.6) is 0 Å². The number of nitrogens with one attached hydrogen (secondary N) is 2. The van der Waals surface area contributed by atoms with E-state index in [0.717, 1.165) is 12.4 Å². The Morgan fingerprint density at radius 3 is 3.12 bits per heavy atom. The third-order valence-electron chi connectivity index (χ3n) is 4.46. The normalized spacial score (nSPS) is 36.3. The van der Waals surface area contributed by atoms with E-state index < -0.39 is 0 Å². The van der Waals surface area contributed by atoms with Crippen LogP contribution in [0.3, 0.4) is 0 Å². The summed E-state index contributed by atoms with van der Waals surface area (Å²) in [6.07, 6.45) is 5.32. The first-order valence-corrected chi connectivity index (χ1v) is 6.47. The van der Waals surface area contributed by atoms with E-state index in [0.29, 0.717) is 18.1 Å². The number of H-pyrrole nitrogens is 1. The molecule has 4 nitrogen and oxygen atoms in total. The van der Waals surface area contributed by atoms with E-state index in [1.54, 1.807) is 6.20 Å². The Hall–Kier alpha value is -0.870. The summed E-state index contributed by atoms with van der Waals surface area (Å²) in [5, 5.41) is 3.71. The molecule has 0 radical (unpaired) electrons. The van der Waals surface area contributed by atoms with E-state index in [9.17, 15) is 0 Å². The number of aromatic amines is 1. The maximum Gasteiger partial charge on any atom is 0.122 e. The van der Waals surface area contributed by atoms with Gasteiger partial charge in [-0.2, -0.15) is 0 Å². The number of fused-ring (bicyclic) bond motifs is 1. The molecule has 17 heavy (non-hydrogen) atoms.